The van der Waals surface area contributed by atoms with Crippen LogP contribution in [-0.4, -0.2) is 86.0 Å². The highest BCUT2D eigenvalue weighted by molar-refractivity contribution is 7.71. The quantitative estimate of drug-likeness (QED) is 0.102. The largest absolute Gasteiger partial charge is 0.490 e. The van der Waals surface area contributed by atoms with Crippen molar-refractivity contribution < 1.29 is 65.4 Å². The number of nitrogens with zero attached hydrogens (tertiary/aromatic N) is 5. The number of H-pyrrole nitrogens is 1. The number of nitrogen functional groups attached to an aromatic ring is 1. The van der Waals surface area contributed by atoms with E-state index in [0.717, 1.165) is 11.3 Å². The van der Waals surface area contributed by atoms with Crippen LogP contribution in [0.2, 0.25) is 0 Å². The summed E-state index contributed by atoms with van der Waals surface area (Å²) in [6, 6.07) is 0. The van der Waals surface area contributed by atoms with E-state index in [1.165, 1.54) is 10.9 Å². The van der Waals surface area contributed by atoms with Crippen molar-refractivity contribution >= 4 is 58.7 Å². The third-order valence-electron chi connectivity index (χ3n) is 6.70. The first-order chi connectivity index (χ1) is 20.8. The minimum Gasteiger partial charge on any atom is -0.369 e. The molecule has 2 aliphatic rings. The topological polar surface area (TPSA) is 307 Å². The van der Waals surface area contributed by atoms with Crippen LogP contribution in [-0.2, 0) is 59.4 Å². The number of nitrogens with two attached hydrogens (primary N) is 1. The summed E-state index contributed by atoms with van der Waals surface area (Å²) in [5.41, 5.74) is 8.53. The van der Waals surface area contributed by atoms with Gasteiger partial charge in [-0.3, -0.25) is 18.6 Å². The molecule has 8 N–H and O–H groups in total. The molecule has 0 aliphatic carbocycles. The second-order valence-corrected chi connectivity index (χ2v) is 14.6. The third kappa shape index (κ3) is 7.42. The Balaban J connectivity index is 1.36. The summed E-state index contributed by atoms with van der Waals surface area (Å²) in [5.74, 6) is -0.715. The first-order valence-electron chi connectivity index (χ1n) is 12.6. The molecular formula is C19H27N8O14P3S. The van der Waals surface area contributed by atoms with Crippen molar-refractivity contribution in [2.24, 2.45) is 7.05 Å². The first kappa shape index (κ1) is 33.9. The Hall–Kier alpha value is -2.46. The van der Waals surface area contributed by atoms with Gasteiger partial charge < -0.3 is 49.8 Å². The van der Waals surface area contributed by atoms with Gasteiger partial charge in [0.1, 0.15) is 28.5 Å². The molecule has 1 amide bonds. The molecule has 2 fully saturated rings. The van der Waals surface area contributed by atoms with Crippen LogP contribution < -0.4 is 11.1 Å². The zero-order valence-electron chi connectivity index (χ0n) is 23.3. The second kappa shape index (κ2) is 12.3. The van der Waals surface area contributed by atoms with E-state index in [1.54, 1.807) is 18.7 Å². The number of imidazole rings is 1. The number of nitrogens with one attached hydrogen (secondary N) is 2. The van der Waals surface area contributed by atoms with E-state index >= 15 is 0 Å². The first-order valence-corrected chi connectivity index (χ1v) is 17.5. The summed E-state index contributed by atoms with van der Waals surface area (Å²) in [7, 11) is -15.1. The minimum atomic E-state index is -5.77. The van der Waals surface area contributed by atoms with Gasteiger partial charge in [0.15, 0.2) is 11.9 Å². The molecule has 0 saturated carbocycles. The highest BCUT2D eigenvalue weighted by atomic mass is 32.1. The molecule has 0 bridgehead atoms. The molecule has 2 aliphatic heterocycles. The average Bonchev–Trinajstić information content (AvgIpc) is 3.63. The number of rotatable bonds is 11. The summed E-state index contributed by atoms with van der Waals surface area (Å²) < 4.78 is 68.2. The maximum absolute atomic E-state index is 13.1. The smallest absolute Gasteiger partial charge is 0.369 e. The van der Waals surface area contributed by atoms with Gasteiger partial charge in [0.05, 0.1) is 18.6 Å². The molecular weight excluding hydrogens is 689 g/mol. The number of phosphoric ester groups is 1. The predicted molar refractivity (Wildman–Crippen MR) is 149 cm³/mol. The number of hydrogen-bond acceptors (Lipinski definition) is 15. The van der Waals surface area contributed by atoms with Gasteiger partial charge in [0.25, 0.3) is 5.91 Å². The van der Waals surface area contributed by atoms with Gasteiger partial charge in [-0.05, 0) is 13.8 Å². The predicted octanol–water partition coefficient (Wildman–Crippen LogP) is 0.0886. The molecule has 3 aromatic heterocycles. The van der Waals surface area contributed by atoms with Gasteiger partial charge in [0.2, 0.25) is 12.2 Å². The van der Waals surface area contributed by atoms with Crippen LogP contribution in [0.5, 0.6) is 0 Å². The van der Waals surface area contributed by atoms with E-state index in [-0.39, 0.29) is 28.3 Å². The molecule has 45 heavy (non-hydrogen) atoms. The van der Waals surface area contributed by atoms with Crippen molar-refractivity contribution in [2.45, 2.75) is 51.2 Å². The van der Waals surface area contributed by atoms with E-state index in [2.05, 4.69) is 34.0 Å². The molecule has 5 rings (SSSR count). The third-order valence-corrected chi connectivity index (χ3v) is 10.8. The van der Waals surface area contributed by atoms with E-state index in [0.29, 0.717) is 5.69 Å². The molecule has 5 heterocycles. The molecule has 7 atom stereocenters. The van der Waals surface area contributed by atoms with Crippen molar-refractivity contribution in [3.8, 4) is 0 Å². The maximum Gasteiger partial charge on any atom is 0.490 e. The van der Waals surface area contributed by atoms with Crippen molar-refractivity contribution in [1.82, 2.24) is 34.6 Å². The van der Waals surface area contributed by atoms with E-state index in [9.17, 15) is 28.3 Å². The zero-order chi connectivity index (χ0) is 33.1. The standard InChI is InChI=1S/C19H27N8O14P3S/c1-7-9(8(2)26(3)25-7)4-21-15(28)18-38-12-10(5-36-43(32,33)41-44(34,35)40-42(29,30)31)37-17(13(12)39-18)27-6-22-11-14(27)23-19(20)24-16(11)45/h6,10,12-13,17-18H,4-5H2,1-3H3,(H,21,28)(H,32,33)(H,34,35)(H2,29,30,31)(H3,20,23,24,45)/t10?,12?,13?,17?,18-/m1/s1. The Kier molecular flexibility index (Phi) is 9.25. The number of fused-ring (bicyclic) bond motifs is 2. The van der Waals surface area contributed by atoms with E-state index in [1.807, 2.05) is 6.92 Å². The molecule has 3 aromatic rings. The van der Waals surface area contributed by atoms with Crippen LogP contribution >= 0.6 is 35.7 Å². The molecule has 6 unspecified atom stereocenters. The number of aryl methyl sites for hydroxylation is 2. The maximum atomic E-state index is 13.1. The van der Waals surface area contributed by atoms with Crippen LogP contribution in [0.15, 0.2) is 6.33 Å². The number of hydrogen-bond donors (Lipinski definition) is 7. The van der Waals surface area contributed by atoms with Gasteiger partial charge in [-0.15, -0.1) is 0 Å². The molecule has 2 saturated heterocycles. The highest BCUT2D eigenvalue weighted by Crippen LogP contribution is 2.66. The van der Waals surface area contributed by atoms with Crippen LogP contribution in [0.1, 0.15) is 23.2 Å². The monoisotopic (exact) mass is 716 g/mol. The molecule has 22 nitrogen and oxygen atoms in total. The number of aromatic amines is 1. The summed E-state index contributed by atoms with van der Waals surface area (Å²) in [4.78, 5) is 61.0. The van der Waals surface area contributed by atoms with Crippen LogP contribution in [0.4, 0.5) is 5.95 Å². The lowest BCUT2D eigenvalue weighted by Crippen LogP contribution is -2.37. The minimum absolute atomic E-state index is 0.0464. The second-order valence-electron chi connectivity index (χ2n) is 9.75. The zero-order valence-corrected chi connectivity index (χ0v) is 26.8. The van der Waals surface area contributed by atoms with Crippen molar-refractivity contribution in [3.63, 3.8) is 0 Å². The summed E-state index contributed by atoms with van der Waals surface area (Å²) >= 11 is 5.24. The van der Waals surface area contributed by atoms with Gasteiger partial charge in [-0.25, -0.2) is 18.7 Å². The van der Waals surface area contributed by atoms with E-state index < -0.39 is 66.8 Å². The fraction of sp³-hybridized carbons (Fsp3) is 0.526. The summed E-state index contributed by atoms with van der Waals surface area (Å²) in [6.07, 6.45) is -4.90. The summed E-state index contributed by atoms with van der Waals surface area (Å²) in [6.45, 7) is 2.84. The Morgan fingerprint density at radius 1 is 1.13 bits per heavy atom. The lowest BCUT2D eigenvalue weighted by Gasteiger charge is -2.22. The molecule has 248 valence electrons. The number of carbonyl (C=O) groups is 1. The van der Waals surface area contributed by atoms with Gasteiger partial charge >= 0.3 is 23.5 Å². The van der Waals surface area contributed by atoms with Gasteiger partial charge in [0, 0.05) is 24.8 Å². The molecule has 0 spiro atoms. The van der Waals surface area contributed by atoms with Crippen molar-refractivity contribution in [2.75, 3.05) is 12.3 Å². The number of phosphoric acid groups is 3. The van der Waals surface area contributed by atoms with Crippen LogP contribution in [0, 0.1) is 18.5 Å². The van der Waals surface area contributed by atoms with E-state index in [4.69, 9.17) is 46.5 Å². The number of aromatic nitrogens is 6. The highest BCUT2D eigenvalue weighted by Gasteiger charge is 2.56. The normalized spacial score (nSPS) is 26.1. The molecule has 0 radical (unpaired) electrons. The lowest BCUT2D eigenvalue weighted by molar-refractivity contribution is -0.171. The number of amides is 1. The van der Waals surface area contributed by atoms with Gasteiger partial charge in [-0.2, -0.15) is 18.7 Å². The van der Waals surface area contributed by atoms with Crippen molar-refractivity contribution in [1.29, 1.82) is 0 Å². The Bertz CT molecular complexity index is 1840. The van der Waals surface area contributed by atoms with Crippen LogP contribution in [0.25, 0.3) is 11.2 Å². The van der Waals surface area contributed by atoms with Crippen molar-refractivity contribution in [3.05, 3.63) is 27.9 Å². The van der Waals surface area contributed by atoms with Gasteiger partial charge in [-0.1, -0.05) is 12.2 Å². The number of ether oxygens (including phenoxy) is 3. The molecule has 26 heteroatoms. The fourth-order valence-electron chi connectivity index (χ4n) is 4.75. The molecule has 0 aromatic carbocycles. The Labute approximate surface area is 257 Å². The van der Waals surface area contributed by atoms with Crippen LogP contribution in [0.3, 0.4) is 0 Å². The number of anilines is 1. The fourth-order valence-corrected chi connectivity index (χ4v) is 8.03. The SMILES string of the molecule is Cc1nn(C)c(C)c1CNC(=O)[C@@H]1OC2C(COP(=O)(O)OP(=O)(O)OP(=O)(O)O)OC(n3cnc4c(=S)[nH]c(N)nc43)C2O1. The lowest BCUT2D eigenvalue weighted by atomic mass is 10.1. The summed E-state index contributed by atoms with van der Waals surface area (Å²) in [5, 5.41) is 7.02. The number of carbonyl (C=O) groups excluding carboxylic acids is 1. The average molecular weight is 716 g/mol. The Morgan fingerprint density at radius 3 is 2.47 bits per heavy atom. The Morgan fingerprint density at radius 2 is 1.82 bits per heavy atom.